The Morgan fingerprint density at radius 2 is 1.85 bits per heavy atom. The number of rotatable bonds is 6. The second-order valence-electron chi connectivity index (χ2n) is 7.08. The van der Waals surface area contributed by atoms with Gasteiger partial charge in [0.2, 0.25) is 5.91 Å². The van der Waals surface area contributed by atoms with E-state index in [4.69, 9.17) is 9.15 Å². The molecule has 1 amide bonds. The molecule has 0 unspecified atom stereocenters. The molecule has 0 spiro atoms. The molecular formula is C25H18N2O6. The molecule has 4 rings (SSSR count). The first-order chi connectivity index (χ1) is 15.9. The highest BCUT2D eigenvalue weighted by Crippen LogP contribution is 2.32. The molecule has 0 radical (unpaired) electrons. The van der Waals surface area contributed by atoms with Gasteiger partial charge in [0.1, 0.15) is 11.3 Å². The average Bonchev–Trinajstić information content (AvgIpc) is 2.82. The number of para-hydroxylation sites is 1. The molecule has 0 saturated carbocycles. The molecule has 33 heavy (non-hydrogen) atoms. The number of nitrogens with one attached hydrogen (secondary N) is 1. The van der Waals surface area contributed by atoms with Crippen LogP contribution in [0.2, 0.25) is 0 Å². The van der Waals surface area contributed by atoms with Gasteiger partial charge in [0, 0.05) is 40.9 Å². The van der Waals surface area contributed by atoms with Crippen LogP contribution in [0.5, 0.6) is 5.75 Å². The highest BCUT2D eigenvalue weighted by Gasteiger charge is 2.14. The Balaban J connectivity index is 1.57. The maximum absolute atomic E-state index is 12.5. The molecule has 3 aromatic carbocycles. The van der Waals surface area contributed by atoms with Crippen LogP contribution >= 0.6 is 0 Å². The molecule has 0 bridgehead atoms. The van der Waals surface area contributed by atoms with Gasteiger partial charge in [-0.2, -0.15) is 0 Å². The summed E-state index contributed by atoms with van der Waals surface area (Å²) in [5.41, 5.74) is 1.78. The molecule has 0 atom stereocenters. The number of ether oxygens (including phenoxy) is 1. The number of carbonyl (C=O) groups is 1. The van der Waals surface area contributed by atoms with E-state index in [2.05, 4.69) is 5.32 Å². The topological polar surface area (TPSA) is 112 Å². The van der Waals surface area contributed by atoms with E-state index in [1.165, 1.54) is 31.4 Å². The number of nitro benzene ring substituents is 1. The Morgan fingerprint density at radius 3 is 2.64 bits per heavy atom. The SMILES string of the molecule is COc1cc(NC(=O)/C=C/c2cccc([N+](=O)[O-])c2)ccc1-c1cc2ccccc2oc1=O. The fraction of sp³-hybridized carbons (Fsp3) is 0.0400. The fourth-order valence-corrected chi connectivity index (χ4v) is 3.34. The molecule has 8 heteroatoms. The normalized spacial score (nSPS) is 10.9. The van der Waals surface area contributed by atoms with Gasteiger partial charge in [-0.1, -0.05) is 30.3 Å². The Labute approximate surface area is 187 Å². The van der Waals surface area contributed by atoms with Gasteiger partial charge in [-0.15, -0.1) is 0 Å². The molecule has 0 aliphatic carbocycles. The minimum absolute atomic E-state index is 0.0592. The lowest BCUT2D eigenvalue weighted by Gasteiger charge is -2.11. The summed E-state index contributed by atoms with van der Waals surface area (Å²) in [6, 6.07) is 19.8. The van der Waals surface area contributed by atoms with E-state index in [0.29, 0.717) is 33.7 Å². The number of nitro groups is 1. The average molecular weight is 442 g/mol. The second-order valence-corrected chi connectivity index (χ2v) is 7.08. The van der Waals surface area contributed by atoms with Gasteiger partial charge in [-0.3, -0.25) is 14.9 Å². The van der Waals surface area contributed by atoms with Gasteiger partial charge < -0.3 is 14.5 Å². The van der Waals surface area contributed by atoms with Crippen LogP contribution in [0.25, 0.3) is 28.2 Å². The number of methoxy groups -OCH3 is 1. The van der Waals surface area contributed by atoms with E-state index in [1.807, 2.05) is 12.1 Å². The van der Waals surface area contributed by atoms with Gasteiger partial charge in [-0.05, 0) is 35.9 Å². The summed E-state index contributed by atoms with van der Waals surface area (Å²) in [5.74, 6) is -0.0421. The predicted octanol–water partition coefficient (Wildman–Crippen LogP) is 5.03. The van der Waals surface area contributed by atoms with Crippen LogP contribution in [0.4, 0.5) is 11.4 Å². The van der Waals surface area contributed by atoms with Crippen molar-refractivity contribution < 1.29 is 18.9 Å². The standard InChI is InChI=1S/C25H18N2O6/c1-32-23-15-18(26-24(28)12-9-16-5-4-7-19(13-16)27(30)31)10-11-20(23)21-14-17-6-2-3-8-22(17)33-25(21)29/h2-15H,1H3,(H,26,28)/b12-9+. The first-order valence-electron chi connectivity index (χ1n) is 9.89. The number of amides is 1. The van der Waals surface area contributed by atoms with Crippen molar-refractivity contribution in [1.29, 1.82) is 0 Å². The van der Waals surface area contributed by atoms with Gasteiger partial charge >= 0.3 is 5.63 Å². The Morgan fingerprint density at radius 1 is 1.03 bits per heavy atom. The zero-order valence-corrected chi connectivity index (χ0v) is 17.5. The maximum Gasteiger partial charge on any atom is 0.344 e. The Kier molecular flexibility index (Phi) is 5.99. The highest BCUT2D eigenvalue weighted by atomic mass is 16.6. The number of nitrogens with zero attached hydrogens (tertiary/aromatic N) is 1. The molecule has 0 saturated heterocycles. The lowest BCUT2D eigenvalue weighted by atomic mass is 10.0. The quantitative estimate of drug-likeness (QED) is 0.194. The fourth-order valence-electron chi connectivity index (χ4n) is 3.34. The van der Waals surface area contributed by atoms with E-state index in [-0.39, 0.29) is 5.69 Å². The van der Waals surface area contributed by atoms with Crippen molar-refractivity contribution >= 4 is 34.3 Å². The minimum atomic E-state index is -0.499. The van der Waals surface area contributed by atoms with Crippen LogP contribution in [-0.4, -0.2) is 17.9 Å². The monoisotopic (exact) mass is 442 g/mol. The van der Waals surface area contributed by atoms with Crippen molar-refractivity contribution in [3.05, 3.63) is 105 Å². The molecule has 0 fully saturated rings. The zero-order valence-electron chi connectivity index (χ0n) is 17.5. The van der Waals surface area contributed by atoms with Crippen molar-refractivity contribution in [2.75, 3.05) is 12.4 Å². The highest BCUT2D eigenvalue weighted by molar-refractivity contribution is 6.02. The van der Waals surface area contributed by atoms with E-state index in [0.717, 1.165) is 5.39 Å². The number of fused-ring (bicyclic) bond motifs is 1. The maximum atomic E-state index is 12.5. The van der Waals surface area contributed by atoms with Gasteiger partial charge in [0.15, 0.2) is 0 Å². The van der Waals surface area contributed by atoms with Crippen LogP contribution < -0.4 is 15.7 Å². The lowest BCUT2D eigenvalue weighted by Crippen LogP contribution is -2.08. The number of benzene rings is 3. The molecule has 1 heterocycles. The van der Waals surface area contributed by atoms with Crippen molar-refractivity contribution in [3.8, 4) is 16.9 Å². The molecule has 1 N–H and O–H groups in total. The summed E-state index contributed by atoms with van der Waals surface area (Å²) >= 11 is 0. The summed E-state index contributed by atoms with van der Waals surface area (Å²) in [6.07, 6.45) is 2.76. The van der Waals surface area contributed by atoms with E-state index in [9.17, 15) is 19.7 Å². The minimum Gasteiger partial charge on any atom is -0.496 e. The van der Waals surface area contributed by atoms with Crippen molar-refractivity contribution in [1.82, 2.24) is 0 Å². The first-order valence-corrected chi connectivity index (χ1v) is 9.89. The summed E-state index contributed by atoms with van der Waals surface area (Å²) in [7, 11) is 1.47. The second kappa shape index (κ2) is 9.19. The third-order valence-corrected chi connectivity index (χ3v) is 4.91. The Hall–Kier alpha value is -4.72. The van der Waals surface area contributed by atoms with Gasteiger partial charge in [0.05, 0.1) is 17.6 Å². The molecule has 0 aliphatic heterocycles. The van der Waals surface area contributed by atoms with Crippen molar-refractivity contribution in [3.63, 3.8) is 0 Å². The molecule has 0 aliphatic rings. The van der Waals surface area contributed by atoms with Crippen molar-refractivity contribution in [2.24, 2.45) is 0 Å². The van der Waals surface area contributed by atoms with Crippen LogP contribution in [0.15, 0.2) is 88.1 Å². The van der Waals surface area contributed by atoms with Crippen LogP contribution in [0, 0.1) is 10.1 Å². The molecule has 8 nitrogen and oxygen atoms in total. The molecule has 1 aromatic heterocycles. The van der Waals surface area contributed by atoms with Crippen LogP contribution in [0.3, 0.4) is 0 Å². The zero-order chi connectivity index (χ0) is 23.4. The number of carbonyl (C=O) groups excluding carboxylic acids is 1. The van der Waals surface area contributed by atoms with Gasteiger partial charge in [0.25, 0.3) is 5.69 Å². The molecular weight excluding hydrogens is 424 g/mol. The Bertz CT molecular complexity index is 1460. The number of anilines is 1. The summed E-state index contributed by atoms with van der Waals surface area (Å²) < 4.78 is 10.8. The third kappa shape index (κ3) is 4.80. The smallest absolute Gasteiger partial charge is 0.344 e. The van der Waals surface area contributed by atoms with Crippen LogP contribution in [0.1, 0.15) is 5.56 Å². The number of hydrogen-bond donors (Lipinski definition) is 1. The summed E-state index contributed by atoms with van der Waals surface area (Å²) in [4.78, 5) is 35.2. The van der Waals surface area contributed by atoms with E-state index < -0.39 is 16.5 Å². The predicted molar refractivity (Wildman–Crippen MR) is 125 cm³/mol. The third-order valence-electron chi connectivity index (χ3n) is 4.91. The van der Waals surface area contributed by atoms with E-state index >= 15 is 0 Å². The largest absolute Gasteiger partial charge is 0.496 e. The van der Waals surface area contributed by atoms with E-state index in [1.54, 1.807) is 48.5 Å². The molecule has 164 valence electrons. The number of non-ortho nitro benzene ring substituents is 1. The summed E-state index contributed by atoms with van der Waals surface area (Å²) in [5, 5.41) is 14.4. The first kappa shape index (κ1) is 21.5. The molecule has 4 aromatic rings. The lowest BCUT2D eigenvalue weighted by molar-refractivity contribution is -0.384. The number of hydrogen-bond acceptors (Lipinski definition) is 6. The van der Waals surface area contributed by atoms with Crippen LogP contribution in [-0.2, 0) is 4.79 Å². The van der Waals surface area contributed by atoms with Crippen molar-refractivity contribution in [2.45, 2.75) is 0 Å². The summed E-state index contributed by atoms with van der Waals surface area (Å²) in [6.45, 7) is 0. The van der Waals surface area contributed by atoms with Gasteiger partial charge in [-0.25, -0.2) is 4.79 Å².